The molecule has 1 N–H and O–H groups in total. The number of hydrogen-bond acceptors (Lipinski definition) is 5. The van der Waals surface area contributed by atoms with Crippen molar-refractivity contribution in [3.8, 4) is 0 Å². The monoisotopic (exact) mass is 399 g/mol. The van der Waals surface area contributed by atoms with Crippen LogP contribution in [0.3, 0.4) is 0 Å². The van der Waals surface area contributed by atoms with Crippen LogP contribution in [0, 0.1) is 0 Å². The lowest BCUT2D eigenvalue weighted by molar-refractivity contribution is -0.0775. The third-order valence-corrected chi connectivity index (χ3v) is 5.45. The summed E-state index contributed by atoms with van der Waals surface area (Å²) < 4.78 is 32.4. The first-order valence-electron chi connectivity index (χ1n) is 9.81. The molecule has 2 atom stereocenters. The van der Waals surface area contributed by atoms with Crippen molar-refractivity contribution in [3.63, 3.8) is 0 Å². The van der Waals surface area contributed by atoms with E-state index in [9.17, 15) is 4.79 Å². The van der Waals surface area contributed by atoms with Gasteiger partial charge in [0.25, 0.3) is 0 Å². The number of halogens is 1. The number of hydrogen-bond donors (Lipinski definition) is 1. The summed E-state index contributed by atoms with van der Waals surface area (Å²) in [6, 6.07) is 16.4. The Morgan fingerprint density at radius 3 is 2.38 bits per heavy atom. The summed E-state index contributed by atoms with van der Waals surface area (Å²) in [6.07, 6.45) is -1.44. The highest BCUT2D eigenvalue weighted by Gasteiger charge is 2.59. The second-order valence-electron chi connectivity index (χ2n) is 7.76. The number of rotatable bonds is 7. The molecule has 1 aliphatic heterocycles. The van der Waals surface area contributed by atoms with Gasteiger partial charge < -0.3 is 14.0 Å². The van der Waals surface area contributed by atoms with Crippen LogP contribution in [-0.4, -0.2) is 37.2 Å². The summed E-state index contributed by atoms with van der Waals surface area (Å²) in [6.45, 7) is 7.80. The fraction of sp³-hybridized carbons (Fsp3) is 0.409. The largest absolute Gasteiger partial charge is 0.494 e. The zero-order chi connectivity index (χ0) is 21.1. The van der Waals surface area contributed by atoms with Crippen LogP contribution in [0.15, 0.2) is 54.6 Å². The minimum Gasteiger partial charge on any atom is -0.462 e. The third kappa shape index (κ3) is 4.52. The lowest BCUT2D eigenvalue weighted by Gasteiger charge is -2.39. The molecule has 0 saturated carbocycles. The molecule has 1 aliphatic rings. The lowest BCUT2D eigenvalue weighted by atomic mass is 9.79. The molecule has 0 bridgehead atoms. The number of benzene rings is 2. The van der Waals surface area contributed by atoms with E-state index in [4.69, 9.17) is 14.0 Å². The van der Waals surface area contributed by atoms with Gasteiger partial charge in [-0.15, -0.1) is 0 Å². The predicted molar refractivity (Wildman–Crippen MR) is 111 cm³/mol. The van der Waals surface area contributed by atoms with Gasteiger partial charge in [0.05, 0.1) is 17.8 Å². The Morgan fingerprint density at radius 1 is 1.10 bits per heavy atom. The van der Waals surface area contributed by atoms with Crippen molar-refractivity contribution in [1.29, 1.82) is 0 Å². The summed E-state index contributed by atoms with van der Waals surface area (Å²) >= 11 is 0. The van der Waals surface area contributed by atoms with Crippen molar-refractivity contribution in [2.75, 3.05) is 6.61 Å². The number of carbonyl (C=O) groups is 1. The molecule has 3 rings (SSSR count). The number of carbonyl (C=O) groups excluding carboxylic acids is 1. The van der Waals surface area contributed by atoms with Gasteiger partial charge in [-0.2, -0.15) is 0 Å². The molecule has 0 spiro atoms. The maximum absolute atomic E-state index is 15.2. The van der Waals surface area contributed by atoms with Crippen LogP contribution >= 0.6 is 0 Å². The number of esters is 1. The Kier molecular flexibility index (Phi) is 6.41. The van der Waals surface area contributed by atoms with E-state index in [1.54, 1.807) is 38.1 Å². The molecule has 2 aromatic carbocycles. The topological polar surface area (TPSA) is 56.8 Å². The standard InChI is InChI=1S/C22H27BFNO4/c1-5-27-19(26)17-11-13-18(14-12-17)23-28-21(2,3)22(4,29-23)20(24)25-15-16-9-7-6-8-10-16/h6-14,20,25H,5,15H2,1-4H3. The first-order valence-corrected chi connectivity index (χ1v) is 9.81. The van der Waals surface area contributed by atoms with Crippen molar-refractivity contribution >= 4 is 18.6 Å². The van der Waals surface area contributed by atoms with Crippen molar-refractivity contribution < 1.29 is 23.2 Å². The van der Waals surface area contributed by atoms with Gasteiger partial charge in [0.15, 0.2) is 6.30 Å². The molecule has 0 radical (unpaired) electrons. The number of nitrogens with one attached hydrogen (secondary N) is 1. The number of ether oxygens (including phenoxy) is 1. The Morgan fingerprint density at radius 2 is 1.76 bits per heavy atom. The van der Waals surface area contributed by atoms with Crippen molar-refractivity contribution in [2.24, 2.45) is 0 Å². The normalized spacial score (nSPS) is 21.8. The van der Waals surface area contributed by atoms with Gasteiger partial charge in [-0.1, -0.05) is 42.5 Å². The SMILES string of the molecule is CCOC(=O)c1ccc(B2OC(C)(C)C(C)(C(F)NCc3ccccc3)O2)cc1. The summed E-state index contributed by atoms with van der Waals surface area (Å²) in [5, 5.41) is 2.91. The molecule has 1 heterocycles. The Labute approximate surface area is 171 Å². The van der Waals surface area contributed by atoms with Crippen LogP contribution < -0.4 is 10.8 Å². The number of alkyl halides is 1. The van der Waals surface area contributed by atoms with Crippen LogP contribution in [-0.2, 0) is 20.6 Å². The molecule has 7 heteroatoms. The van der Waals surface area contributed by atoms with Gasteiger partial charge in [0.2, 0.25) is 0 Å². The second kappa shape index (κ2) is 8.65. The maximum Gasteiger partial charge on any atom is 0.494 e. The first-order chi connectivity index (χ1) is 13.8. The minimum absolute atomic E-state index is 0.315. The smallest absolute Gasteiger partial charge is 0.462 e. The molecule has 1 saturated heterocycles. The van der Waals surface area contributed by atoms with Crippen molar-refractivity contribution in [3.05, 3.63) is 65.7 Å². The van der Waals surface area contributed by atoms with E-state index in [1.807, 2.05) is 44.2 Å². The van der Waals surface area contributed by atoms with Crippen molar-refractivity contribution in [2.45, 2.75) is 51.7 Å². The van der Waals surface area contributed by atoms with E-state index in [-0.39, 0.29) is 5.97 Å². The zero-order valence-corrected chi connectivity index (χ0v) is 17.3. The molecule has 2 unspecified atom stereocenters. The van der Waals surface area contributed by atoms with Gasteiger partial charge >= 0.3 is 13.1 Å². The highest BCUT2D eigenvalue weighted by Crippen LogP contribution is 2.40. The van der Waals surface area contributed by atoms with Crippen LogP contribution in [0.1, 0.15) is 43.6 Å². The van der Waals surface area contributed by atoms with Crippen LogP contribution in [0.25, 0.3) is 0 Å². The molecule has 0 amide bonds. The van der Waals surface area contributed by atoms with Crippen LogP contribution in [0.5, 0.6) is 0 Å². The van der Waals surface area contributed by atoms with E-state index in [2.05, 4.69) is 5.32 Å². The molecule has 1 fully saturated rings. The Hall–Kier alpha value is -2.22. The summed E-state index contributed by atoms with van der Waals surface area (Å²) in [7, 11) is -0.733. The average Bonchev–Trinajstić information content (AvgIpc) is 2.97. The first kappa shape index (κ1) is 21.5. The Balaban J connectivity index is 1.70. The molecule has 5 nitrogen and oxygen atoms in total. The second-order valence-corrected chi connectivity index (χ2v) is 7.76. The van der Waals surface area contributed by atoms with Gasteiger partial charge in [-0.05, 0) is 50.9 Å². The van der Waals surface area contributed by atoms with Crippen LogP contribution in [0.2, 0.25) is 0 Å². The highest BCUT2D eigenvalue weighted by molar-refractivity contribution is 6.62. The summed E-state index contributed by atoms with van der Waals surface area (Å²) in [5.41, 5.74) is 0.0718. The fourth-order valence-electron chi connectivity index (χ4n) is 3.26. The summed E-state index contributed by atoms with van der Waals surface area (Å²) in [4.78, 5) is 11.8. The van der Waals surface area contributed by atoms with Gasteiger partial charge in [-0.3, -0.25) is 5.32 Å². The average molecular weight is 399 g/mol. The van der Waals surface area contributed by atoms with E-state index in [1.165, 1.54) is 0 Å². The zero-order valence-electron chi connectivity index (χ0n) is 17.3. The lowest BCUT2D eigenvalue weighted by Crippen LogP contribution is -2.57. The summed E-state index contributed by atoms with van der Waals surface area (Å²) in [5.74, 6) is -0.383. The van der Waals surface area contributed by atoms with Crippen molar-refractivity contribution in [1.82, 2.24) is 5.32 Å². The predicted octanol–water partition coefficient (Wildman–Crippen LogP) is 3.23. The van der Waals surface area contributed by atoms with E-state index in [0.29, 0.717) is 24.2 Å². The molecule has 0 aromatic heterocycles. The van der Waals surface area contributed by atoms with E-state index in [0.717, 1.165) is 5.56 Å². The third-order valence-electron chi connectivity index (χ3n) is 5.45. The van der Waals surface area contributed by atoms with E-state index >= 15 is 4.39 Å². The molecule has 2 aromatic rings. The highest BCUT2D eigenvalue weighted by atomic mass is 19.1. The molecule has 0 aliphatic carbocycles. The van der Waals surface area contributed by atoms with Gasteiger partial charge in [-0.25, -0.2) is 9.18 Å². The molecule has 29 heavy (non-hydrogen) atoms. The van der Waals surface area contributed by atoms with E-state index < -0.39 is 24.6 Å². The minimum atomic E-state index is -1.44. The quantitative estimate of drug-likeness (QED) is 0.440. The van der Waals surface area contributed by atoms with Gasteiger partial charge in [0, 0.05) is 6.54 Å². The molecular weight excluding hydrogens is 372 g/mol. The molecule has 154 valence electrons. The van der Waals surface area contributed by atoms with Gasteiger partial charge in [0.1, 0.15) is 5.60 Å². The maximum atomic E-state index is 15.2. The molecular formula is C22H27BFNO4. The fourth-order valence-corrected chi connectivity index (χ4v) is 3.26. The van der Waals surface area contributed by atoms with Crippen LogP contribution in [0.4, 0.5) is 4.39 Å². The Bertz CT molecular complexity index is 830.